The Hall–Kier alpha value is -1.22. The van der Waals surface area contributed by atoms with E-state index in [9.17, 15) is 0 Å². The summed E-state index contributed by atoms with van der Waals surface area (Å²) in [5, 5.41) is 6.60. The molecule has 0 bridgehead atoms. The molecule has 0 amide bonds. The standard InChI is InChI=1S/C13H21N3/c1-14-11-5-7-12(8-6-11)16(2)13-4-3-9-15-10-13/h5-8,13-15H,3-4,9-10H2,1-2H3. The Kier molecular flexibility index (Phi) is 3.67. The maximum absolute atomic E-state index is 3.45. The van der Waals surface area contributed by atoms with Crippen LogP contribution in [-0.2, 0) is 0 Å². The van der Waals surface area contributed by atoms with E-state index in [1.165, 1.54) is 30.8 Å². The molecule has 3 nitrogen and oxygen atoms in total. The Labute approximate surface area is 97.8 Å². The van der Waals surface area contributed by atoms with Gasteiger partial charge in [-0.05, 0) is 43.7 Å². The first-order valence-corrected chi connectivity index (χ1v) is 6.02. The van der Waals surface area contributed by atoms with Crippen LogP contribution >= 0.6 is 0 Å². The van der Waals surface area contributed by atoms with Crippen molar-refractivity contribution in [2.75, 3.05) is 37.4 Å². The van der Waals surface area contributed by atoms with Gasteiger partial charge in [-0.2, -0.15) is 0 Å². The summed E-state index contributed by atoms with van der Waals surface area (Å²) in [4.78, 5) is 2.38. The predicted molar refractivity (Wildman–Crippen MR) is 70.3 cm³/mol. The van der Waals surface area contributed by atoms with Crippen molar-refractivity contribution >= 4 is 11.4 Å². The van der Waals surface area contributed by atoms with E-state index in [0.717, 1.165) is 6.54 Å². The summed E-state index contributed by atoms with van der Waals surface area (Å²) < 4.78 is 0. The van der Waals surface area contributed by atoms with Crippen molar-refractivity contribution in [2.45, 2.75) is 18.9 Å². The van der Waals surface area contributed by atoms with Crippen LogP contribution < -0.4 is 15.5 Å². The van der Waals surface area contributed by atoms with Crippen molar-refractivity contribution < 1.29 is 0 Å². The molecule has 0 saturated carbocycles. The fourth-order valence-corrected chi connectivity index (χ4v) is 2.24. The van der Waals surface area contributed by atoms with Gasteiger partial charge in [0.25, 0.3) is 0 Å². The van der Waals surface area contributed by atoms with E-state index < -0.39 is 0 Å². The van der Waals surface area contributed by atoms with Crippen LogP contribution in [0.25, 0.3) is 0 Å². The largest absolute Gasteiger partial charge is 0.388 e. The monoisotopic (exact) mass is 219 g/mol. The van der Waals surface area contributed by atoms with E-state index in [4.69, 9.17) is 0 Å². The molecule has 1 aromatic carbocycles. The number of rotatable bonds is 3. The Morgan fingerprint density at radius 2 is 2.06 bits per heavy atom. The number of piperidine rings is 1. The second-order valence-electron chi connectivity index (χ2n) is 4.41. The van der Waals surface area contributed by atoms with E-state index in [2.05, 4.69) is 46.8 Å². The molecular formula is C13H21N3. The number of anilines is 2. The van der Waals surface area contributed by atoms with Gasteiger partial charge in [0.2, 0.25) is 0 Å². The summed E-state index contributed by atoms with van der Waals surface area (Å²) >= 11 is 0. The van der Waals surface area contributed by atoms with E-state index in [-0.39, 0.29) is 0 Å². The molecule has 0 radical (unpaired) electrons. The van der Waals surface area contributed by atoms with Crippen LogP contribution in [0, 0.1) is 0 Å². The number of nitrogens with zero attached hydrogens (tertiary/aromatic N) is 1. The molecule has 1 aromatic rings. The molecule has 0 aromatic heterocycles. The summed E-state index contributed by atoms with van der Waals surface area (Å²) in [5.41, 5.74) is 2.46. The molecule has 0 spiro atoms. The van der Waals surface area contributed by atoms with Crippen molar-refractivity contribution in [1.29, 1.82) is 0 Å². The van der Waals surface area contributed by atoms with E-state index in [0.29, 0.717) is 6.04 Å². The quantitative estimate of drug-likeness (QED) is 0.813. The van der Waals surface area contributed by atoms with Crippen LogP contribution in [0.3, 0.4) is 0 Å². The average molecular weight is 219 g/mol. The van der Waals surface area contributed by atoms with Gasteiger partial charge in [0.05, 0.1) is 0 Å². The Balaban J connectivity index is 2.04. The summed E-state index contributed by atoms with van der Waals surface area (Å²) in [7, 11) is 4.13. The third kappa shape index (κ3) is 2.47. The maximum Gasteiger partial charge on any atom is 0.0411 e. The number of hydrogen-bond donors (Lipinski definition) is 2. The predicted octanol–water partition coefficient (Wildman–Crippen LogP) is 1.92. The Morgan fingerprint density at radius 1 is 1.31 bits per heavy atom. The van der Waals surface area contributed by atoms with Gasteiger partial charge in [-0.1, -0.05) is 0 Å². The molecule has 1 fully saturated rings. The van der Waals surface area contributed by atoms with Crippen molar-refractivity contribution in [3.05, 3.63) is 24.3 Å². The number of likely N-dealkylation sites (N-methyl/N-ethyl adjacent to an activating group) is 1. The zero-order chi connectivity index (χ0) is 11.4. The minimum absolute atomic E-state index is 0.634. The molecule has 16 heavy (non-hydrogen) atoms. The molecule has 3 heteroatoms. The molecule has 0 aliphatic carbocycles. The highest BCUT2D eigenvalue weighted by Crippen LogP contribution is 2.20. The molecule has 1 aliphatic heterocycles. The lowest BCUT2D eigenvalue weighted by atomic mass is 10.1. The van der Waals surface area contributed by atoms with Crippen LogP contribution in [-0.4, -0.2) is 33.2 Å². The normalized spacial score (nSPS) is 20.5. The minimum atomic E-state index is 0.634. The van der Waals surface area contributed by atoms with Crippen LogP contribution in [0.1, 0.15) is 12.8 Å². The van der Waals surface area contributed by atoms with Gasteiger partial charge < -0.3 is 15.5 Å². The maximum atomic E-state index is 3.45. The first-order valence-electron chi connectivity index (χ1n) is 6.02. The first-order chi connectivity index (χ1) is 7.81. The van der Waals surface area contributed by atoms with Crippen molar-refractivity contribution in [1.82, 2.24) is 5.32 Å². The molecular weight excluding hydrogens is 198 g/mol. The lowest BCUT2D eigenvalue weighted by molar-refractivity contribution is 0.445. The molecule has 1 saturated heterocycles. The van der Waals surface area contributed by atoms with Gasteiger partial charge in [0, 0.05) is 38.1 Å². The van der Waals surface area contributed by atoms with E-state index in [1.807, 2.05) is 7.05 Å². The van der Waals surface area contributed by atoms with E-state index >= 15 is 0 Å². The lowest BCUT2D eigenvalue weighted by Crippen LogP contribution is -2.44. The first kappa shape index (κ1) is 11.3. The smallest absolute Gasteiger partial charge is 0.0411 e. The zero-order valence-electron chi connectivity index (χ0n) is 10.2. The summed E-state index contributed by atoms with van der Waals surface area (Å²) in [6.45, 7) is 2.27. The zero-order valence-corrected chi connectivity index (χ0v) is 10.2. The third-order valence-corrected chi connectivity index (χ3v) is 3.38. The second kappa shape index (κ2) is 5.21. The van der Waals surface area contributed by atoms with Crippen molar-refractivity contribution in [3.63, 3.8) is 0 Å². The fraction of sp³-hybridized carbons (Fsp3) is 0.538. The second-order valence-corrected chi connectivity index (χ2v) is 4.41. The van der Waals surface area contributed by atoms with E-state index in [1.54, 1.807) is 0 Å². The topological polar surface area (TPSA) is 27.3 Å². The Bertz CT molecular complexity index is 314. The van der Waals surface area contributed by atoms with Crippen LogP contribution in [0.15, 0.2) is 24.3 Å². The van der Waals surface area contributed by atoms with Crippen LogP contribution in [0.2, 0.25) is 0 Å². The highest BCUT2D eigenvalue weighted by molar-refractivity contribution is 5.55. The van der Waals surface area contributed by atoms with Crippen LogP contribution in [0.4, 0.5) is 11.4 Å². The van der Waals surface area contributed by atoms with Gasteiger partial charge in [-0.25, -0.2) is 0 Å². The third-order valence-electron chi connectivity index (χ3n) is 3.38. The number of benzene rings is 1. The van der Waals surface area contributed by atoms with Gasteiger partial charge in [0.15, 0.2) is 0 Å². The molecule has 2 rings (SSSR count). The van der Waals surface area contributed by atoms with Gasteiger partial charge >= 0.3 is 0 Å². The van der Waals surface area contributed by atoms with Crippen LogP contribution in [0.5, 0.6) is 0 Å². The number of nitrogens with one attached hydrogen (secondary N) is 2. The molecule has 1 atom stereocenters. The lowest BCUT2D eigenvalue weighted by Gasteiger charge is -2.33. The summed E-state index contributed by atoms with van der Waals surface area (Å²) in [5.74, 6) is 0. The van der Waals surface area contributed by atoms with Crippen molar-refractivity contribution in [2.24, 2.45) is 0 Å². The minimum Gasteiger partial charge on any atom is -0.388 e. The molecule has 88 valence electrons. The fourth-order valence-electron chi connectivity index (χ4n) is 2.24. The highest BCUT2D eigenvalue weighted by atomic mass is 15.2. The van der Waals surface area contributed by atoms with Gasteiger partial charge in [0.1, 0.15) is 0 Å². The number of hydrogen-bond acceptors (Lipinski definition) is 3. The molecule has 1 unspecified atom stereocenters. The van der Waals surface area contributed by atoms with Gasteiger partial charge in [-0.3, -0.25) is 0 Å². The highest BCUT2D eigenvalue weighted by Gasteiger charge is 2.17. The molecule has 1 aliphatic rings. The van der Waals surface area contributed by atoms with Gasteiger partial charge in [-0.15, -0.1) is 0 Å². The Morgan fingerprint density at radius 3 is 2.62 bits per heavy atom. The summed E-state index contributed by atoms with van der Waals surface area (Å²) in [6.07, 6.45) is 2.57. The van der Waals surface area contributed by atoms with Crippen molar-refractivity contribution in [3.8, 4) is 0 Å². The average Bonchev–Trinajstić information content (AvgIpc) is 2.39. The molecule has 1 heterocycles. The molecule has 2 N–H and O–H groups in total. The SMILES string of the molecule is CNc1ccc(N(C)C2CCCNC2)cc1. The summed E-state index contributed by atoms with van der Waals surface area (Å²) in [6, 6.07) is 9.25.